The molecule has 4 aliphatic carbocycles. The van der Waals surface area contributed by atoms with Crippen LogP contribution in [0.3, 0.4) is 0 Å². The predicted molar refractivity (Wildman–Crippen MR) is 184 cm³/mol. The van der Waals surface area contributed by atoms with Crippen LogP contribution in [0.1, 0.15) is 56.2 Å². The van der Waals surface area contributed by atoms with Crippen molar-refractivity contribution in [3.63, 3.8) is 0 Å². The Morgan fingerprint density at radius 3 is 2.45 bits per heavy atom. The molecule has 0 amide bonds. The fraction of sp³-hybridized carbons (Fsp3) is 0.262. The average molecular weight is 573 g/mol. The van der Waals surface area contributed by atoms with Crippen LogP contribution >= 0.6 is 0 Å². The van der Waals surface area contributed by atoms with Gasteiger partial charge in [-0.1, -0.05) is 148 Å². The summed E-state index contributed by atoms with van der Waals surface area (Å²) in [4.78, 5) is 5.36. The first kappa shape index (κ1) is 27.1. The molecule has 5 atom stereocenters. The van der Waals surface area contributed by atoms with Crippen LogP contribution in [0.5, 0.6) is 0 Å². The van der Waals surface area contributed by atoms with E-state index >= 15 is 0 Å². The highest BCUT2D eigenvalue weighted by molar-refractivity contribution is 6.09. The third-order valence-electron chi connectivity index (χ3n) is 10.8. The van der Waals surface area contributed by atoms with Gasteiger partial charge in [-0.05, 0) is 68.5 Å². The lowest BCUT2D eigenvalue weighted by atomic mass is 9.68. The standard InChI is InChI=1S/C42H40N2/c1-41(2)34-21-13-12-20-33(34)39-35(41)26-31-18-10-11-19-32(31)38(39)30-22-24-42(3,25-23-30)40-43-36(28-14-6-4-7-15-28)27-37(44-40)29-16-8-5-9-17-29/h4-16,18-24,26-27,29,35,39-40,44H,17,25H2,1-3H3/t29-,35?,39?,40-,42?/m0/s1. The van der Waals surface area contributed by atoms with E-state index in [0.29, 0.717) is 17.8 Å². The molecule has 8 rings (SSSR count). The van der Waals surface area contributed by atoms with Crippen LogP contribution in [0, 0.1) is 17.3 Å². The number of nitrogens with one attached hydrogen (secondary N) is 1. The number of aliphatic imine (C=N–C) groups is 1. The molecule has 1 aliphatic heterocycles. The van der Waals surface area contributed by atoms with Crippen LogP contribution in [0.4, 0.5) is 0 Å². The van der Waals surface area contributed by atoms with E-state index in [9.17, 15) is 0 Å². The molecule has 2 nitrogen and oxygen atoms in total. The Labute approximate surface area is 261 Å². The van der Waals surface area contributed by atoms with Crippen LogP contribution in [0.25, 0.3) is 11.6 Å². The fourth-order valence-electron chi connectivity index (χ4n) is 8.18. The van der Waals surface area contributed by atoms with Crippen molar-refractivity contribution in [3.8, 4) is 0 Å². The molecule has 5 aliphatic rings. The Morgan fingerprint density at radius 1 is 0.864 bits per heavy atom. The summed E-state index contributed by atoms with van der Waals surface area (Å²) in [6, 6.07) is 28.8. The van der Waals surface area contributed by atoms with E-state index in [2.05, 4.69) is 160 Å². The minimum atomic E-state index is -0.162. The van der Waals surface area contributed by atoms with Crippen molar-refractivity contribution in [2.75, 3.05) is 0 Å². The molecule has 0 bridgehead atoms. The van der Waals surface area contributed by atoms with Crippen molar-refractivity contribution in [2.24, 2.45) is 22.2 Å². The van der Waals surface area contributed by atoms with E-state index in [1.54, 1.807) is 0 Å². The molecule has 2 heteroatoms. The van der Waals surface area contributed by atoms with E-state index in [1.165, 1.54) is 44.0 Å². The van der Waals surface area contributed by atoms with Gasteiger partial charge >= 0.3 is 0 Å². The van der Waals surface area contributed by atoms with Gasteiger partial charge in [0.25, 0.3) is 0 Å². The van der Waals surface area contributed by atoms with Gasteiger partial charge in [0.05, 0.1) is 5.71 Å². The second-order valence-corrected chi connectivity index (χ2v) is 13.9. The summed E-state index contributed by atoms with van der Waals surface area (Å²) in [6.45, 7) is 7.23. The quantitative estimate of drug-likeness (QED) is 0.341. The van der Waals surface area contributed by atoms with Crippen molar-refractivity contribution in [1.82, 2.24) is 5.32 Å². The van der Waals surface area contributed by atoms with Crippen LogP contribution in [0.15, 0.2) is 144 Å². The lowest BCUT2D eigenvalue weighted by molar-refractivity contribution is 0.297. The smallest absolute Gasteiger partial charge is 0.128 e. The van der Waals surface area contributed by atoms with Crippen molar-refractivity contribution < 1.29 is 0 Å². The van der Waals surface area contributed by atoms with Gasteiger partial charge < -0.3 is 5.32 Å². The molecular weight excluding hydrogens is 532 g/mol. The maximum absolute atomic E-state index is 5.36. The molecule has 0 saturated heterocycles. The third-order valence-corrected chi connectivity index (χ3v) is 10.8. The SMILES string of the molecule is CC1(C)c2ccccc2C2C(C3=CCC(C)([C@H]4N=C(c5ccccc5)C=C([C@H]5C=CC=CC5)N4)C=C3)=c3ccccc3=CC21. The highest BCUT2D eigenvalue weighted by Gasteiger charge is 2.48. The minimum Gasteiger partial charge on any atom is -0.366 e. The first-order valence-corrected chi connectivity index (χ1v) is 16.2. The molecule has 3 unspecified atom stereocenters. The van der Waals surface area contributed by atoms with E-state index in [1.807, 2.05) is 0 Å². The largest absolute Gasteiger partial charge is 0.366 e. The first-order chi connectivity index (χ1) is 21.4. The van der Waals surface area contributed by atoms with Crippen molar-refractivity contribution in [3.05, 3.63) is 166 Å². The summed E-state index contributed by atoms with van der Waals surface area (Å²) in [6.07, 6.45) is 22.9. The molecule has 0 aromatic heterocycles. The number of benzene rings is 3. The van der Waals surface area contributed by atoms with Crippen LogP contribution in [-0.2, 0) is 5.41 Å². The summed E-state index contributed by atoms with van der Waals surface area (Å²) < 4.78 is 0. The number of allylic oxidation sites excluding steroid dienone is 8. The highest BCUT2D eigenvalue weighted by atomic mass is 15.1. The zero-order chi connectivity index (χ0) is 29.9. The Hall–Kier alpha value is -4.43. The van der Waals surface area contributed by atoms with Crippen molar-refractivity contribution >= 4 is 17.4 Å². The van der Waals surface area contributed by atoms with E-state index in [4.69, 9.17) is 4.99 Å². The molecule has 3 aromatic rings. The van der Waals surface area contributed by atoms with Gasteiger partial charge in [0.15, 0.2) is 0 Å². The molecular formula is C42H40N2. The Bertz CT molecular complexity index is 1950. The lowest BCUT2D eigenvalue weighted by Crippen LogP contribution is -2.45. The van der Waals surface area contributed by atoms with Crippen molar-refractivity contribution in [1.29, 1.82) is 0 Å². The highest BCUT2D eigenvalue weighted by Crippen LogP contribution is 2.56. The summed E-state index contributed by atoms with van der Waals surface area (Å²) in [5, 5.41) is 6.64. The molecule has 0 saturated carbocycles. The van der Waals surface area contributed by atoms with Gasteiger partial charge in [0.2, 0.25) is 0 Å². The molecule has 1 heterocycles. The Kier molecular flexibility index (Phi) is 6.38. The van der Waals surface area contributed by atoms with Gasteiger partial charge in [0, 0.05) is 22.9 Å². The number of nitrogens with zero attached hydrogens (tertiary/aromatic N) is 1. The monoisotopic (exact) mass is 572 g/mol. The van der Waals surface area contributed by atoms with Gasteiger partial charge in [0.1, 0.15) is 6.17 Å². The van der Waals surface area contributed by atoms with Gasteiger partial charge in [-0.25, -0.2) is 0 Å². The molecule has 3 aromatic carbocycles. The maximum atomic E-state index is 5.36. The summed E-state index contributed by atoms with van der Waals surface area (Å²) in [5.41, 5.74) is 9.23. The molecule has 1 N–H and O–H groups in total. The van der Waals surface area contributed by atoms with Crippen molar-refractivity contribution in [2.45, 2.75) is 51.1 Å². The second kappa shape index (κ2) is 10.3. The number of fused-ring (bicyclic) bond motifs is 4. The van der Waals surface area contributed by atoms with Crippen LogP contribution < -0.4 is 15.8 Å². The maximum Gasteiger partial charge on any atom is 0.128 e. The number of hydrogen-bond donors (Lipinski definition) is 1. The molecule has 44 heavy (non-hydrogen) atoms. The minimum absolute atomic E-state index is 0.0538. The fourth-order valence-corrected chi connectivity index (χ4v) is 8.18. The average Bonchev–Trinajstić information content (AvgIpc) is 3.30. The zero-order valence-corrected chi connectivity index (χ0v) is 25.9. The number of rotatable bonds is 4. The second-order valence-electron chi connectivity index (χ2n) is 13.9. The Morgan fingerprint density at radius 2 is 1.66 bits per heavy atom. The van der Waals surface area contributed by atoms with Gasteiger partial charge in [-0.2, -0.15) is 0 Å². The summed E-state index contributed by atoms with van der Waals surface area (Å²) in [7, 11) is 0. The summed E-state index contributed by atoms with van der Waals surface area (Å²) in [5.74, 6) is 1.12. The van der Waals surface area contributed by atoms with E-state index in [-0.39, 0.29) is 17.0 Å². The van der Waals surface area contributed by atoms with E-state index in [0.717, 1.165) is 18.6 Å². The third kappa shape index (κ3) is 4.34. The lowest BCUT2D eigenvalue weighted by Gasteiger charge is -2.40. The predicted octanol–water partition coefficient (Wildman–Crippen LogP) is 7.65. The molecule has 0 radical (unpaired) electrons. The Balaban J connectivity index is 1.18. The summed E-state index contributed by atoms with van der Waals surface area (Å²) >= 11 is 0. The van der Waals surface area contributed by atoms with Gasteiger partial charge in [-0.3, -0.25) is 4.99 Å². The normalized spacial score (nSPS) is 29.3. The zero-order valence-electron chi connectivity index (χ0n) is 25.9. The topological polar surface area (TPSA) is 24.4 Å². The first-order valence-electron chi connectivity index (χ1n) is 16.2. The number of hydrogen-bond acceptors (Lipinski definition) is 2. The van der Waals surface area contributed by atoms with Crippen LogP contribution in [0.2, 0.25) is 0 Å². The van der Waals surface area contributed by atoms with E-state index < -0.39 is 0 Å². The molecule has 0 fully saturated rings. The molecule has 218 valence electrons. The van der Waals surface area contributed by atoms with Gasteiger partial charge in [-0.15, -0.1) is 0 Å². The molecule has 0 spiro atoms. The van der Waals surface area contributed by atoms with Crippen LogP contribution in [-0.4, -0.2) is 11.9 Å².